The summed E-state index contributed by atoms with van der Waals surface area (Å²) in [7, 11) is 1.65. The van der Waals surface area contributed by atoms with Crippen molar-refractivity contribution in [2.24, 2.45) is 0 Å². The molecule has 1 fully saturated rings. The third-order valence-corrected chi connectivity index (χ3v) is 4.52. The average molecular weight is 279 g/mol. The lowest BCUT2D eigenvalue weighted by molar-refractivity contribution is -0.120. The zero-order chi connectivity index (χ0) is 13.7. The number of methoxy groups -OCH3 is 1. The molecular formula is C15H21NO2S. The van der Waals surface area contributed by atoms with Crippen LogP contribution in [0.3, 0.4) is 0 Å². The Morgan fingerprint density at radius 2 is 2.16 bits per heavy atom. The quantitative estimate of drug-likeness (QED) is 0.841. The van der Waals surface area contributed by atoms with Gasteiger partial charge in [-0.1, -0.05) is 18.9 Å². The maximum atomic E-state index is 12.1. The molecule has 3 nitrogen and oxygen atoms in total. The molecule has 0 unspecified atom stereocenters. The molecular weight excluding hydrogens is 258 g/mol. The average Bonchev–Trinajstić information content (AvgIpc) is 2.91. The van der Waals surface area contributed by atoms with Crippen molar-refractivity contribution in [1.82, 2.24) is 5.32 Å². The molecule has 1 atom stereocenters. The second kappa shape index (κ2) is 6.85. The van der Waals surface area contributed by atoms with Gasteiger partial charge in [0.15, 0.2) is 0 Å². The summed E-state index contributed by atoms with van der Waals surface area (Å²) in [5.41, 5.74) is 0. The van der Waals surface area contributed by atoms with E-state index in [1.807, 2.05) is 31.2 Å². The first-order valence-corrected chi connectivity index (χ1v) is 7.68. The van der Waals surface area contributed by atoms with Crippen LogP contribution in [0.2, 0.25) is 0 Å². The molecule has 1 saturated carbocycles. The second-order valence-electron chi connectivity index (χ2n) is 4.93. The van der Waals surface area contributed by atoms with E-state index in [0.717, 1.165) is 23.5 Å². The Balaban J connectivity index is 1.88. The minimum Gasteiger partial charge on any atom is -0.497 e. The summed E-state index contributed by atoms with van der Waals surface area (Å²) in [4.78, 5) is 13.2. The molecule has 1 amide bonds. The topological polar surface area (TPSA) is 38.3 Å². The highest BCUT2D eigenvalue weighted by Crippen LogP contribution is 2.27. The molecule has 104 valence electrons. The van der Waals surface area contributed by atoms with Crippen molar-refractivity contribution in [3.05, 3.63) is 24.3 Å². The standard InChI is InChI=1S/C15H21NO2S/c1-11(15(17)16-12-6-3-4-7-12)19-14-9-5-8-13(10-14)18-2/h5,8-12H,3-4,6-7H2,1-2H3,(H,16,17)/t11-/m0/s1. The lowest BCUT2D eigenvalue weighted by Crippen LogP contribution is -2.37. The first-order chi connectivity index (χ1) is 9.19. The molecule has 19 heavy (non-hydrogen) atoms. The predicted octanol–water partition coefficient (Wildman–Crippen LogP) is 3.23. The van der Waals surface area contributed by atoms with Crippen molar-refractivity contribution in [2.75, 3.05) is 7.11 Å². The number of carbonyl (C=O) groups excluding carboxylic acids is 1. The van der Waals surface area contributed by atoms with Crippen LogP contribution >= 0.6 is 11.8 Å². The molecule has 0 spiro atoms. The van der Waals surface area contributed by atoms with Crippen LogP contribution in [-0.4, -0.2) is 24.3 Å². The number of rotatable bonds is 5. The molecule has 1 aliphatic carbocycles. The van der Waals surface area contributed by atoms with Gasteiger partial charge in [0.1, 0.15) is 5.75 Å². The summed E-state index contributed by atoms with van der Waals surface area (Å²) >= 11 is 1.57. The van der Waals surface area contributed by atoms with E-state index in [1.165, 1.54) is 12.8 Å². The van der Waals surface area contributed by atoms with Gasteiger partial charge in [0.05, 0.1) is 12.4 Å². The minimum absolute atomic E-state index is 0.0762. The van der Waals surface area contributed by atoms with E-state index in [9.17, 15) is 4.79 Å². The molecule has 0 heterocycles. The fraction of sp³-hybridized carbons (Fsp3) is 0.533. The Kier molecular flexibility index (Phi) is 5.14. The van der Waals surface area contributed by atoms with Gasteiger partial charge in [-0.25, -0.2) is 0 Å². The fourth-order valence-corrected chi connectivity index (χ4v) is 3.25. The predicted molar refractivity (Wildman–Crippen MR) is 78.7 cm³/mol. The normalized spacial score (nSPS) is 17.2. The molecule has 0 saturated heterocycles. The Labute approximate surface area is 119 Å². The van der Waals surface area contributed by atoms with Gasteiger partial charge in [-0.2, -0.15) is 0 Å². The molecule has 0 aromatic heterocycles. The van der Waals surface area contributed by atoms with E-state index in [4.69, 9.17) is 4.74 Å². The van der Waals surface area contributed by atoms with Gasteiger partial charge in [0.25, 0.3) is 0 Å². The SMILES string of the molecule is COc1cccc(S[C@@H](C)C(=O)NC2CCCC2)c1. The largest absolute Gasteiger partial charge is 0.497 e. The van der Waals surface area contributed by atoms with E-state index in [0.29, 0.717) is 6.04 Å². The lowest BCUT2D eigenvalue weighted by atomic mass is 10.2. The van der Waals surface area contributed by atoms with Gasteiger partial charge in [-0.3, -0.25) is 4.79 Å². The molecule has 2 rings (SSSR count). The van der Waals surface area contributed by atoms with Crippen LogP contribution in [-0.2, 0) is 4.79 Å². The molecule has 0 aliphatic heterocycles. The fourth-order valence-electron chi connectivity index (χ4n) is 2.32. The van der Waals surface area contributed by atoms with Gasteiger partial charge < -0.3 is 10.1 Å². The number of hydrogen-bond acceptors (Lipinski definition) is 3. The van der Waals surface area contributed by atoms with Crippen molar-refractivity contribution >= 4 is 17.7 Å². The summed E-state index contributed by atoms with van der Waals surface area (Å²) in [5.74, 6) is 0.966. The van der Waals surface area contributed by atoms with Crippen LogP contribution in [0.4, 0.5) is 0 Å². The highest BCUT2D eigenvalue weighted by Gasteiger charge is 2.21. The van der Waals surface area contributed by atoms with Crippen LogP contribution in [0.25, 0.3) is 0 Å². The van der Waals surface area contributed by atoms with Gasteiger partial charge in [-0.15, -0.1) is 11.8 Å². The maximum Gasteiger partial charge on any atom is 0.233 e. The van der Waals surface area contributed by atoms with Crippen molar-refractivity contribution in [1.29, 1.82) is 0 Å². The number of thioether (sulfide) groups is 1. The van der Waals surface area contributed by atoms with E-state index in [-0.39, 0.29) is 11.2 Å². The zero-order valence-electron chi connectivity index (χ0n) is 11.5. The monoisotopic (exact) mass is 279 g/mol. The van der Waals surface area contributed by atoms with Crippen molar-refractivity contribution in [2.45, 2.75) is 48.8 Å². The first-order valence-electron chi connectivity index (χ1n) is 6.80. The van der Waals surface area contributed by atoms with Crippen LogP contribution in [0, 0.1) is 0 Å². The summed E-state index contributed by atoms with van der Waals surface area (Å²) < 4.78 is 5.19. The van der Waals surface area contributed by atoms with Crippen molar-refractivity contribution in [3.8, 4) is 5.75 Å². The van der Waals surface area contributed by atoms with Gasteiger partial charge in [0, 0.05) is 10.9 Å². The smallest absolute Gasteiger partial charge is 0.233 e. The van der Waals surface area contributed by atoms with Crippen molar-refractivity contribution in [3.63, 3.8) is 0 Å². The Morgan fingerprint density at radius 3 is 2.84 bits per heavy atom. The molecule has 1 aromatic rings. The summed E-state index contributed by atoms with van der Waals surface area (Å²) in [6.07, 6.45) is 4.73. The summed E-state index contributed by atoms with van der Waals surface area (Å²) in [6, 6.07) is 8.22. The number of carbonyl (C=O) groups is 1. The number of amides is 1. The number of ether oxygens (including phenoxy) is 1. The second-order valence-corrected chi connectivity index (χ2v) is 6.34. The lowest BCUT2D eigenvalue weighted by Gasteiger charge is -2.16. The summed E-state index contributed by atoms with van der Waals surface area (Å²) in [5, 5.41) is 3.06. The molecule has 1 aromatic carbocycles. The summed E-state index contributed by atoms with van der Waals surface area (Å²) in [6.45, 7) is 1.95. The van der Waals surface area contributed by atoms with Gasteiger partial charge in [-0.05, 0) is 38.0 Å². The zero-order valence-corrected chi connectivity index (χ0v) is 12.3. The minimum atomic E-state index is -0.0762. The van der Waals surface area contributed by atoms with Gasteiger partial charge in [0.2, 0.25) is 5.91 Å². The molecule has 0 bridgehead atoms. The number of hydrogen-bond donors (Lipinski definition) is 1. The Bertz CT molecular complexity index is 430. The van der Waals surface area contributed by atoms with E-state index in [1.54, 1.807) is 18.9 Å². The van der Waals surface area contributed by atoms with E-state index < -0.39 is 0 Å². The highest BCUT2D eigenvalue weighted by atomic mass is 32.2. The van der Waals surface area contributed by atoms with Crippen LogP contribution in [0.15, 0.2) is 29.2 Å². The Hall–Kier alpha value is -1.16. The molecule has 0 radical (unpaired) electrons. The molecule has 1 aliphatic rings. The van der Waals surface area contributed by atoms with Gasteiger partial charge >= 0.3 is 0 Å². The number of benzene rings is 1. The van der Waals surface area contributed by atoms with Crippen LogP contribution < -0.4 is 10.1 Å². The first kappa shape index (κ1) is 14.3. The molecule has 1 N–H and O–H groups in total. The highest BCUT2D eigenvalue weighted by molar-refractivity contribution is 8.00. The Morgan fingerprint density at radius 1 is 1.42 bits per heavy atom. The van der Waals surface area contributed by atoms with E-state index >= 15 is 0 Å². The van der Waals surface area contributed by atoms with Crippen molar-refractivity contribution < 1.29 is 9.53 Å². The maximum absolute atomic E-state index is 12.1. The van der Waals surface area contributed by atoms with E-state index in [2.05, 4.69) is 5.32 Å². The number of nitrogens with one attached hydrogen (secondary N) is 1. The van der Waals surface area contributed by atoms with Crippen LogP contribution in [0.5, 0.6) is 5.75 Å². The molecule has 4 heteroatoms. The van der Waals surface area contributed by atoms with Crippen LogP contribution in [0.1, 0.15) is 32.6 Å². The third-order valence-electron chi connectivity index (χ3n) is 3.42. The third kappa shape index (κ3) is 4.16.